The molecule has 3 heterocycles. The highest BCUT2D eigenvalue weighted by atomic mass is 16.6. The summed E-state index contributed by atoms with van der Waals surface area (Å²) in [4.78, 5) is 26.7. The molecule has 0 bridgehead atoms. The van der Waals surface area contributed by atoms with Crippen LogP contribution in [0.15, 0.2) is 12.4 Å². The molecule has 5 rings (SSSR count). The van der Waals surface area contributed by atoms with E-state index in [-0.39, 0.29) is 12.2 Å². The minimum absolute atomic E-state index is 0.167. The second kappa shape index (κ2) is 13.5. The summed E-state index contributed by atoms with van der Waals surface area (Å²) in [6, 6.07) is 0.729. The summed E-state index contributed by atoms with van der Waals surface area (Å²) in [5, 5.41) is 14.9. The molecule has 234 valence electrons. The smallest absolute Gasteiger partial charge is 0.410 e. The van der Waals surface area contributed by atoms with Gasteiger partial charge in [0.05, 0.1) is 6.10 Å². The van der Waals surface area contributed by atoms with Crippen molar-refractivity contribution in [3.63, 3.8) is 0 Å². The number of aromatic nitrogens is 3. The van der Waals surface area contributed by atoms with Crippen molar-refractivity contribution in [3.05, 3.63) is 18.0 Å². The number of hydrogen-bond donors (Lipinski definition) is 2. The van der Waals surface area contributed by atoms with Crippen LogP contribution in [-0.4, -0.2) is 86.0 Å². The normalized spacial score (nSPS) is 26.8. The van der Waals surface area contributed by atoms with E-state index in [9.17, 15) is 9.90 Å². The van der Waals surface area contributed by atoms with E-state index < -0.39 is 5.60 Å². The fraction of sp³-hybridized carbons (Fsp3) is 0.788. The van der Waals surface area contributed by atoms with Gasteiger partial charge in [-0.15, -0.1) is 0 Å². The van der Waals surface area contributed by atoms with Gasteiger partial charge in [-0.2, -0.15) is 4.98 Å². The number of rotatable bonds is 8. The maximum atomic E-state index is 12.4. The third-order valence-corrected chi connectivity index (χ3v) is 9.59. The minimum Gasteiger partial charge on any atom is -0.444 e. The van der Waals surface area contributed by atoms with E-state index in [1.165, 1.54) is 36.6 Å². The van der Waals surface area contributed by atoms with E-state index >= 15 is 0 Å². The van der Waals surface area contributed by atoms with Gasteiger partial charge < -0.3 is 24.6 Å². The SMILES string of the molecule is CCC[C@H](C)Nc1ncc2c(n1)n([C@H]1CC[C@H](O)CC1)cc2[C@H]1CC[C@H](CN2CCN(C(=O)OC(C)(C)C)CC2)CC1. The number of anilines is 1. The average Bonchev–Trinajstić information content (AvgIpc) is 3.32. The predicted octanol–water partition coefficient (Wildman–Crippen LogP) is 6.33. The molecule has 0 radical (unpaired) electrons. The first kappa shape index (κ1) is 31.0. The molecule has 9 nitrogen and oxygen atoms in total. The van der Waals surface area contributed by atoms with Crippen molar-refractivity contribution in [2.24, 2.45) is 5.92 Å². The molecule has 2 saturated carbocycles. The number of aliphatic hydroxyl groups excluding tert-OH is 1. The highest BCUT2D eigenvalue weighted by molar-refractivity contribution is 5.81. The number of nitrogens with one attached hydrogen (secondary N) is 1. The first-order valence-electron chi connectivity index (χ1n) is 16.6. The largest absolute Gasteiger partial charge is 0.444 e. The van der Waals surface area contributed by atoms with Gasteiger partial charge in [-0.05, 0) is 103 Å². The second-order valence-electron chi connectivity index (χ2n) is 14.2. The Balaban J connectivity index is 1.22. The lowest BCUT2D eigenvalue weighted by atomic mass is 9.78. The number of carbonyl (C=O) groups is 1. The van der Waals surface area contributed by atoms with Crippen molar-refractivity contribution in [1.29, 1.82) is 0 Å². The molecule has 1 amide bonds. The van der Waals surface area contributed by atoms with Gasteiger partial charge in [-0.3, -0.25) is 4.90 Å². The van der Waals surface area contributed by atoms with Crippen LogP contribution in [0.2, 0.25) is 0 Å². The van der Waals surface area contributed by atoms with Crippen LogP contribution in [0.4, 0.5) is 10.7 Å². The third-order valence-electron chi connectivity index (χ3n) is 9.59. The number of nitrogens with zero attached hydrogens (tertiary/aromatic N) is 5. The molecule has 1 aliphatic heterocycles. The van der Waals surface area contributed by atoms with E-state index in [2.05, 4.69) is 41.0 Å². The molecule has 2 N–H and O–H groups in total. The Morgan fingerprint density at radius 3 is 2.40 bits per heavy atom. The summed E-state index contributed by atoms with van der Waals surface area (Å²) in [6.07, 6.45) is 14.9. The number of carbonyl (C=O) groups excluding carboxylic acids is 1. The van der Waals surface area contributed by atoms with Gasteiger partial charge >= 0.3 is 6.09 Å². The Morgan fingerprint density at radius 1 is 1.07 bits per heavy atom. The summed E-state index contributed by atoms with van der Waals surface area (Å²) < 4.78 is 7.99. The molecule has 9 heteroatoms. The van der Waals surface area contributed by atoms with Crippen LogP contribution in [0.25, 0.3) is 11.0 Å². The summed E-state index contributed by atoms with van der Waals surface area (Å²) in [6.45, 7) is 14.6. The number of aliphatic hydroxyl groups is 1. The minimum atomic E-state index is -0.448. The van der Waals surface area contributed by atoms with Gasteiger partial charge in [-0.1, -0.05) is 13.3 Å². The molecule has 0 aromatic carbocycles. The molecule has 1 saturated heterocycles. The third kappa shape index (κ3) is 7.76. The lowest BCUT2D eigenvalue weighted by molar-refractivity contribution is 0.0127. The fourth-order valence-corrected chi connectivity index (χ4v) is 7.25. The number of ether oxygens (including phenoxy) is 1. The second-order valence-corrected chi connectivity index (χ2v) is 14.2. The highest BCUT2D eigenvalue weighted by Crippen LogP contribution is 2.41. The van der Waals surface area contributed by atoms with E-state index in [0.717, 1.165) is 82.8 Å². The Hall–Kier alpha value is -2.39. The highest BCUT2D eigenvalue weighted by Gasteiger charge is 2.31. The Labute approximate surface area is 252 Å². The van der Waals surface area contributed by atoms with E-state index in [0.29, 0.717) is 23.9 Å². The Bertz CT molecular complexity index is 1170. The van der Waals surface area contributed by atoms with E-state index in [1.807, 2.05) is 25.7 Å². The first-order valence-corrected chi connectivity index (χ1v) is 16.6. The van der Waals surface area contributed by atoms with Crippen LogP contribution in [0, 0.1) is 5.92 Å². The lowest BCUT2D eigenvalue weighted by Gasteiger charge is -2.38. The molecule has 2 aliphatic carbocycles. The van der Waals surface area contributed by atoms with Gasteiger partial charge in [0.2, 0.25) is 5.95 Å². The predicted molar refractivity (Wildman–Crippen MR) is 168 cm³/mol. The molecular weight excluding hydrogens is 528 g/mol. The summed E-state index contributed by atoms with van der Waals surface area (Å²) in [5.41, 5.74) is 2.02. The average molecular weight is 583 g/mol. The zero-order valence-electron chi connectivity index (χ0n) is 26.6. The lowest BCUT2D eigenvalue weighted by Crippen LogP contribution is -2.51. The van der Waals surface area contributed by atoms with Gasteiger partial charge in [0.25, 0.3) is 0 Å². The summed E-state index contributed by atoms with van der Waals surface area (Å²) in [5.74, 6) is 1.96. The molecular formula is C33H54N6O3. The van der Waals surface area contributed by atoms with Crippen molar-refractivity contribution in [2.45, 2.75) is 129 Å². The Morgan fingerprint density at radius 2 is 1.76 bits per heavy atom. The van der Waals surface area contributed by atoms with Crippen molar-refractivity contribution in [3.8, 4) is 0 Å². The van der Waals surface area contributed by atoms with Crippen molar-refractivity contribution < 1.29 is 14.6 Å². The van der Waals surface area contributed by atoms with Crippen LogP contribution in [0.5, 0.6) is 0 Å². The topological polar surface area (TPSA) is 95.7 Å². The first-order chi connectivity index (χ1) is 20.1. The zero-order chi connectivity index (χ0) is 29.9. The van der Waals surface area contributed by atoms with Gasteiger partial charge in [0.15, 0.2) is 0 Å². The number of fused-ring (bicyclic) bond motifs is 1. The molecule has 1 atom stereocenters. The van der Waals surface area contributed by atoms with Crippen LogP contribution in [0.1, 0.15) is 116 Å². The molecule has 0 spiro atoms. The summed E-state index contributed by atoms with van der Waals surface area (Å²) in [7, 11) is 0. The van der Waals surface area contributed by atoms with Gasteiger partial charge in [0.1, 0.15) is 11.2 Å². The zero-order valence-corrected chi connectivity index (χ0v) is 26.6. The van der Waals surface area contributed by atoms with Crippen LogP contribution >= 0.6 is 0 Å². The van der Waals surface area contributed by atoms with Crippen molar-refractivity contribution in [1.82, 2.24) is 24.3 Å². The molecule has 0 unspecified atom stereocenters. The number of hydrogen-bond acceptors (Lipinski definition) is 7. The Kier molecular flexibility index (Phi) is 9.98. The molecule has 2 aromatic heterocycles. The monoisotopic (exact) mass is 582 g/mol. The molecule has 2 aromatic rings. The molecule has 42 heavy (non-hydrogen) atoms. The number of amides is 1. The molecule has 3 aliphatic rings. The maximum Gasteiger partial charge on any atom is 0.410 e. The van der Waals surface area contributed by atoms with Gasteiger partial charge in [0, 0.05) is 62.6 Å². The fourth-order valence-electron chi connectivity index (χ4n) is 7.25. The quantitative estimate of drug-likeness (QED) is 0.375. The van der Waals surface area contributed by atoms with Crippen LogP contribution in [0.3, 0.4) is 0 Å². The van der Waals surface area contributed by atoms with Crippen LogP contribution in [-0.2, 0) is 4.74 Å². The van der Waals surface area contributed by atoms with Gasteiger partial charge in [-0.25, -0.2) is 9.78 Å². The van der Waals surface area contributed by atoms with Crippen molar-refractivity contribution >= 4 is 23.1 Å². The van der Waals surface area contributed by atoms with E-state index in [4.69, 9.17) is 14.7 Å². The number of piperazine rings is 1. The maximum absolute atomic E-state index is 12.4. The standard InChI is InChI=1S/C33H54N6O3/c1-6-7-23(2)35-31-34-20-28-29(22-39(30(28)36-31)26-12-14-27(40)15-13-26)25-10-8-24(9-11-25)21-37-16-18-38(19-17-37)32(41)42-33(3,4)5/h20,22-27,40H,6-19,21H2,1-5H3,(H,34,35,36)/t23-,24-,25-,26-,27-/m0/s1. The molecule has 3 fully saturated rings. The van der Waals surface area contributed by atoms with Crippen LogP contribution < -0.4 is 5.32 Å². The van der Waals surface area contributed by atoms with Crippen molar-refractivity contribution in [2.75, 3.05) is 38.0 Å². The van der Waals surface area contributed by atoms with E-state index in [1.54, 1.807) is 0 Å². The summed E-state index contributed by atoms with van der Waals surface area (Å²) >= 11 is 0.